The molecule has 0 spiro atoms. The fourth-order valence-electron chi connectivity index (χ4n) is 4.38. The van der Waals surface area contributed by atoms with E-state index in [2.05, 4.69) is 4.98 Å². The Morgan fingerprint density at radius 3 is 2.71 bits per heavy atom. The summed E-state index contributed by atoms with van der Waals surface area (Å²) >= 11 is 1.25. The minimum atomic E-state index is -3.47. The van der Waals surface area contributed by atoms with Gasteiger partial charge in [-0.05, 0) is 42.0 Å². The molecule has 0 saturated carbocycles. The molecule has 0 amide bonds. The lowest BCUT2D eigenvalue weighted by molar-refractivity contribution is 0.186. The molecule has 0 radical (unpaired) electrons. The van der Waals surface area contributed by atoms with Crippen molar-refractivity contribution in [1.29, 1.82) is 0 Å². The van der Waals surface area contributed by atoms with Crippen LogP contribution in [-0.2, 0) is 16.6 Å². The van der Waals surface area contributed by atoms with E-state index < -0.39 is 10.0 Å². The average molecular weight is 414 g/mol. The van der Waals surface area contributed by atoms with Crippen molar-refractivity contribution in [1.82, 2.24) is 13.9 Å². The lowest BCUT2D eigenvalue weighted by atomic mass is 9.84. The molecule has 2 aliphatic rings. The predicted octanol–water partition coefficient (Wildman–Crippen LogP) is 2.78. The van der Waals surface area contributed by atoms with E-state index in [0.717, 1.165) is 17.7 Å². The largest absolute Gasteiger partial charge is 0.311 e. The Hall–Kier alpha value is -2.29. The van der Waals surface area contributed by atoms with Crippen molar-refractivity contribution < 1.29 is 8.42 Å². The van der Waals surface area contributed by atoms with Gasteiger partial charge in [0.25, 0.3) is 15.6 Å². The van der Waals surface area contributed by atoms with Gasteiger partial charge < -0.3 is 4.57 Å². The number of hydrogen-bond donors (Lipinski definition) is 0. The molecule has 1 fully saturated rings. The number of aromatic nitrogens is 2. The molecule has 0 N–H and O–H groups in total. The lowest BCUT2D eigenvalue weighted by Crippen LogP contribution is -2.49. The molecular formula is C20H19N3O3S2. The van der Waals surface area contributed by atoms with Crippen molar-refractivity contribution in [2.45, 2.75) is 23.1 Å². The summed E-state index contributed by atoms with van der Waals surface area (Å²) < 4.78 is 29.7. The van der Waals surface area contributed by atoms with E-state index in [1.54, 1.807) is 34.2 Å². The van der Waals surface area contributed by atoms with Gasteiger partial charge in [-0.2, -0.15) is 4.31 Å². The molecule has 144 valence electrons. The summed E-state index contributed by atoms with van der Waals surface area (Å²) in [6, 6.07) is 10.9. The summed E-state index contributed by atoms with van der Waals surface area (Å²) in [4.78, 5) is 17.2. The second kappa shape index (κ2) is 6.65. The molecule has 0 aliphatic carbocycles. The normalized spacial score (nSPS) is 22.0. The van der Waals surface area contributed by atoms with Crippen LogP contribution in [0.25, 0.3) is 11.1 Å². The molecule has 6 nitrogen and oxygen atoms in total. The van der Waals surface area contributed by atoms with Gasteiger partial charge in [-0.1, -0.05) is 12.1 Å². The molecule has 5 rings (SSSR count). The first-order valence-electron chi connectivity index (χ1n) is 9.22. The fourth-order valence-corrected chi connectivity index (χ4v) is 7.08. The van der Waals surface area contributed by atoms with Crippen LogP contribution < -0.4 is 5.56 Å². The Morgan fingerprint density at radius 2 is 1.96 bits per heavy atom. The maximum Gasteiger partial charge on any atom is 0.258 e. The van der Waals surface area contributed by atoms with Gasteiger partial charge >= 0.3 is 0 Å². The SMILES string of the molecule is O=c1c(-c2cccnc2)ccc2n1C[C@@H]1C[C@@H]2CN(S(=O)(=O)c2cccs2)C1. The van der Waals surface area contributed by atoms with Crippen LogP contribution in [0.2, 0.25) is 0 Å². The summed E-state index contributed by atoms with van der Waals surface area (Å²) in [5.74, 6) is 0.181. The highest BCUT2D eigenvalue weighted by atomic mass is 32.2. The minimum absolute atomic E-state index is 0.0187. The third-order valence-corrected chi connectivity index (χ3v) is 8.84. The van der Waals surface area contributed by atoms with E-state index in [0.29, 0.717) is 29.4 Å². The van der Waals surface area contributed by atoms with Gasteiger partial charge in [0.2, 0.25) is 0 Å². The number of sulfonamides is 1. The molecule has 3 aromatic rings. The van der Waals surface area contributed by atoms with Crippen molar-refractivity contribution in [2.75, 3.05) is 13.1 Å². The molecule has 0 aromatic carbocycles. The van der Waals surface area contributed by atoms with E-state index in [1.807, 2.05) is 28.8 Å². The molecule has 8 heteroatoms. The van der Waals surface area contributed by atoms with E-state index in [1.165, 1.54) is 11.3 Å². The Kier molecular flexibility index (Phi) is 4.22. The van der Waals surface area contributed by atoms with Gasteiger partial charge in [-0.3, -0.25) is 9.78 Å². The smallest absolute Gasteiger partial charge is 0.258 e. The molecule has 3 aromatic heterocycles. The number of rotatable bonds is 3. The molecule has 1 saturated heterocycles. The molecule has 5 heterocycles. The summed E-state index contributed by atoms with van der Waals surface area (Å²) in [5, 5.41) is 1.78. The van der Waals surface area contributed by atoms with Crippen LogP contribution in [0.1, 0.15) is 18.0 Å². The molecule has 2 atom stereocenters. The zero-order valence-electron chi connectivity index (χ0n) is 15.1. The quantitative estimate of drug-likeness (QED) is 0.662. The molecular weight excluding hydrogens is 394 g/mol. The van der Waals surface area contributed by atoms with Crippen LogP contribution in [0, 0.1) is 5.92 Å². The van der Waals surface area contributed by atoms with Crippen LogP contribution >= 0.6 is 11.3 Å². The van der Waals surface area contributed by atoms with Crippen LogP contribution in [0.15, 0.2) is 63.2 Å². The second-order valence-corrected chi connectivity index (χ2v) is 10.5. The molecule has 0 unspecified atom stereocenters. The molecule has 2 bridgehead atoms. The van der Waals surface area contributed by atoms with E-state index in [9.17, 15) is 13.2 Å². The van der Waals surface area contributed by atoms with Crippen molar-refractivity contribution in [3.05, 3.63) is 70.2 Å². The van der Waals surface area contributed by atoms with Crippen LogP contribution in [0.3, 0.4) is 0 Å². The standard InChI is InChI=1S/C20H19N3O3S2/c24-20-17(15-3-1-7-21-10-15)5-6-18-16-9-14(12-23(18)20)11-22(13-16)28(25,26)19-4-2-8-27-19/h1-8,10,14,16H,9,11-13H2/t14-,16-/m1/s1. The van der Waals surface area contributed by atoms with Gasteiger partial charge in [0.15, 0.2) is 0 Å². The number of piperidine rings is 1. The first kappa shape index (κ1) is 17.8. The van der Waals surface area contributed by atoms with Gasteiger partial charge in [-0.25, -0.2) is 8.42 Å². The Morgan fingerprint density at radius 1 is 1.07 bits per heavy atom. The maximum atomic E-state index is 13.1. The Bertz CT molecular complexity index is 1170. The maximum absolute atomic E-state index is 13.1. The van der Waals surface area contributed by atoms with Crippen LogP contribution in [-0.4, -0.2) is 35.4 Å². The number of pyridine rings is 2. The minimum Gasteiger partial charge on any atom is -0.311 e. The number of hydrogen-bond acceptors (Lipinski definition) is 5. The Balaban J connectivity index is 1.52. The summed E-state index contributed by atoms with van der Waals surface area (Å²) in [5.41, 5.74) is 2.36. The Labute approximate surface area is 167 Å². The monoisotopic (exact) mass is 413 g/mol. The summed E-state index contributed by atoms with van der Waals surface area (Å²) in [7, 11) is -3.47. The highest BCUT2D eigenvalue weighted by Gasteiger charge is 2.40. The highest BCUT2D eigenvalue weighted by molar-refractivity contribution is 7.91. The number of thiophene rings is 1. The zero-order chi connectivity index (χ0) is 19.3. The van der Waals surface area contributed by atoms with Crippen LogP contribution in [0.4, 0.5) is 0 Å². The fraction of sp³-hybridized carbons (Fsp3) is 0.300. The van der Waals surface area contributed by atoms with E-state index in [-0.39, 0.29) is 17.4 Å². The summed E-state index contributed by atoms with van der Waals surface area (Å²) in [6.45, 7) is 1.43. The van der Waals surface area contributed by atoms with Gasteiger partial charge in [-0.15, -0.1) is 11.3 Å². The van der Waals surface area contributed by atoms with E-state index >= 15 is 0 Å². The number of fused-ring (bicyclic) bond motifs is 4. The molecule has 2 aliphatic heterocycles. The summed E-state index contributed by atoms with van der Waals surface area (Å²) in [6.07, 6.45) is 4.30. The zero-order valence-corrected chi connectivity index (χ0v) is 16.7. The number of nitrogens with zero attached hydrogens (tertiary/aromatic N) is 3. The third-order valence-electron chi connectivity index (χ3n) is 5.63. The topological polar surface area (TPSA) is 72.3 Å². The molecule has 28 heavy (non-hydrogen) atoms. The third kappa shape index (κ3) is 2.83. The first-order valence-corrected chi connectivity index (χ1v) is 11.5. The highest BCUT2D eigenvalue weighted by Crippen LogP contribution is 2.38. The van der Waals surface area contributed by atoms with Gasteiger partial charge in [0.1, 0.15) is 4.21 Å². The van der Waals surface area contributed by atoms with Gasteiger partial charge in [0, 0.05) is 54.8 Å². The predicted molar refractivity (Wildman–Crippen MR) is 108 cm³/mol. The van der Waals surface area contributed by atoms with Crippen molar-refractivity contribution >= 4 is 21.4 Å². The van der Waals surface area contributed by atoms with Crippen molar-refractivity contribution in [3.63, 3.8) is 0 Å². The van der Waals surface area contributed by atoms with Gasteiger partial charge in [0.05, 0.1) is 0 Å². The second-order valence-electron chi connectivity index (χ2n) is 7.38. The lowest BCUT2D eigenvalue weighted by Gasteiger charge is -2.42. The first-order chi connectivity index (χ1) is 13.5. The average Bonchev–Trinajstić information content (AvgIpc) is 3.25. The van der Waals surface area contributed by atoms with Crippen molar-refractivity contribution in [3.8, 4) is 11.1 Å². The van der Waals surface area contributed by atoms with E-state index in [4.69, 9.17) is 0 Å². The van der Waals surface area contributed by atoms with Crippen molar-refractivity contribution in [2.24, 2.45) is 5.92 Å². The van der Waals surface area contributed by atoms with Crippen LogP contribution in [0.5, 0.6) is 0 Å².